The first-order chi connectivity index (χ1) is 25.2. The van der Waals surface area contributed by atoms with Crippen LogP contribution in [0.5, 0.6) is 0 Å². The highest BCUT2D eigenvalue weighted by Crippen LogP contribution is 2.41. The molecule has 16 atom stereocenters. The van der Waals surface area contributed by atoms with E-state index in [-0.39, 0.29) is 39.1 Å². The monoisotopic (exact) mass is 1060 g/mol. The molecule has 4 saturated heterocycles. The number of aliphatic hydroxyl groups is 4. The number of ether oxygens (including phenoxy) is 4. The Morgan fingerprint density at radius 3 is 1.11 bits per heavy atom. The zero-order chi connectivity index (χ0) is 43.7. The molecule has 8 nitrogen and oxygen atoms in total. The van der Waals surface area contributed by atoms with E-state index in [1.807, 2.05) is 0 Å². The quantitative estimate of drug-likeness (QED) is 0.101. The number of hydrogen-bond donors (Lipinski definition) is 4. The van der Waals surface area contributed by atoms with Crippen LogP contribution in [0.25, 0.3) is 0 Å². The van der Waals surface area contributed by atoms with Gasteiger partial charge in [-0.3, -0.25) is 0 Å². The van der Waals surface area contributed by atoms with Crippen molar-refractivity contribution in [3.05, 3.63) is 0 Å². The van der Waals surface area contributed by atoms with Crippen LogP contribution in [0.4, 0.5) is 4.39 Å². The Morgan fingerprint density at radius 1 is 0.554 bits per heavy atom. The summed E-state index contributed by atoms with van der Waals surface area (Å²) in [5.74, 6) is 0. The third-order valence-electron chi connectivity index (χ3n) is 9.49. The van der Waals surface area contributed by atoms with E-state index in [1.54, 1.807) is 0 Å². The molecule has 4 fully saturated rings. The molecule has 4 rings (SSSR count). The fourth-order valence-corrected chi connectivity index (χ4v) is 11.0. The van der Waals surface area contributed by atoms with Crippen molar-refractivity contribution in [3.8, 4) is 0 Å². The van der Waals surface area contributed by atoms with Crippen molar-refractivity contribution >= 4 is 134 Å². The lowest BCUT2D eigenvalue weighted by molar-refractivity contribution is 0.0289. The highest BCUT2D eigenvalue weighted by Gasteiger charge is 2.42. The smallest absolute Gasteiger partial charge is 0.146 e. The van der Waals surface area contributed by atoms with Crippen LogP contribution in [0, 0.1) is 0 Å². The summed E-state index contributed by atoms with van der Waals surface area (Å²) in [7, 11) is 22.3. The Bertz CT molecular complexity index is 1180. The van der Waals surface area contributed by atoms with Crippen molar-refractivity contribution in [2.24, 2.45) is 0 Å². The minimum absolute atomic E-state index is 0.0175. The predicted molar refractivity (Wildman–Crippen MR) is 268 cm³/mol. The number of halogens is 4. The molecule has 0 aliphatic carbocycles. The summed E-state index contributed by atoms with van der Waals surface area (Å²) in [5, 5.41) is 38.2. The van der Waals surface area contributed by atoms with Crippen LogP contribution in [0.15, 0.2) is 0 Å². The van der Waals surface area contributed by atoms with Crippen LogP contribution in [0.2, 0.25) is 0 Å². The molecule has 0 aromatic rings. The number of aliphatic hydroxyl groups excluding tert-OH is 4. The van der Waals surface area contributed by atoms with Gasteiger partial charge in [0.25, 0.3) is 0 Å². The molecule has 0 aromatic heterocycles. The van der Waals surface area contributed by atoms with E-state index in [1.165, 1.54) is 0 Å². The van der Waals surface area contributed by atoms with Gasteiger partial charge in [0.1, 0.15) is 43.7 Å². The maximum Gasteiger partial charge on any atom is 0.146 e. The fraction of sp³-hybridized carbons (Fsp3) is 0.889. The molecule has 320 valence electrons. The van der Waals surface area contributed by atoms with Gasteiger partial charge in [-0.05, 0) is 104 Å². The van der Waals surface area contributed by atoms with Crippen molar-refractivity contribution in [1.29, 1.82) is 0 Å². The van der Waals surface area contributed by atoms with E-state index in [9.17, 15) is 24.8 Å². The number of hydrogen-bond acceptors (Lipinski definition) is 8. The summed E-state index contributed by atoms with van der Waals surface area (Å²) in [6.07, 6.45) is 18.5. The Balaban J connectivity index is 0.000000373. The first-order valence-corrected chi connectivity index (χ1v) is 33.7. The summed E-state index contributed by atoms with van der Waals surface area (Å²) < 4.78 is 34.5. The van der Waals surface area contributed by atoms with Gasteiger partial charge in [0.15, 0.2) is 0 Å². The third-order valence-corrected chi connectivity index (χ3v) is 18.4. The maximum atomic E-state index is 13.1. The van der Waals surface area contributed by atoms with Crippen molar-refractivity contribution in [2.45, 2.75) is 119 Å². The van der Waals surface area contributed by atoms with E-state index in [0.29, 0.717) is 6.42 Å². The summed E-state index contributed by atoms with van der Waals surface area (Å²) in [6.45, 7) is 13.0. The topological polar surface area (TPSA) is 118 Å². The van der Waals surface area contributed by atoms with Crippen LogP contribution < -0.4 is 0 Å². The van der Waals surface area contributed by atoms with E-state index >= 15 is 0 Å². The van der Waals surface area contributed by atoms with Gasteiger partial charge in [-0.15, -0.1) is 64.3 Å². The van der Waals surface area contributed by atoms with Gasteiger partial charge in [0.05, 0.1) is 62.9 Å². The Kier molecular flexibility index (Phi) is 24.8. The molecule has 4 unspecified atom stereocenters. The molecule has 0 saturated carbocycles. The summed E-state index contributed by atoms with van der Waals surface area (Å²) >= 11 is 11.3. The van der Waals surface area contributed by atoms with Gasteiger partial charge in [-0.2, -0.15) is 0 Å². The summed E-state index contributed by atoms with van der Waals surface area (Å²) in [4.78, 5) is -0.140. The molecule has 0 spiro atoms. The molecule has 20 heteroatoms. The van der Waals surface area contributed by atoms with Gasteiger partial charge in [0, 0.05) is 18.0 Å². The lowest BCUT2D eigenvalue weighted by Gasteiger charge is -2.18. The molecule has 4 aliphatic rings. The SMILES string of the molecule is [B][C@@H]1OC(CCP(=C)(C)C)[C@@H](O)[C@H]1Br.[B][C@@H]1OC(CCP(=C)(C)C)[C@@H](O)[C@H]1Cl.[B][C@@H]1OC(CCP(=C)(C)C)[C@@H](O)[C@H]1F.[B][C@@H]1OC(CCP(=C)(C)C)[C@@H](O)[C@H]1I. The number of alkyl halides is 4. The van der Waals surface area contributed by atoms with Crippen LogP contribution in [0.1, 0.15) is 25.7 Å². The highest BCUT2D eigenvalue weighted by atomic mass is 127. The van der Waals surface area contributed by atoms with Gasteiger partial charge >= 0.3 is 0 Å². The zero-order valence-electron chi connectivity index (χ0n) is 34.8. The standard InChI is InChI=1S/C9H17BBrO2P.C9H17BClO2P.C9H17BFO2P.C9H17BIO2P/c4*1-14(2,3)5-4-6-8(12)7(11)9(10)13-6/h4*6-9,12H,1,4-5H2,2-3H3/t4*6?,7-,8-,9-/m1111/s1. The third kappa shape index (κ3) is 21.3. The Labute approximate surface area is 372 Å². The zero-order valence-corrected chi connectivity index (χ0v) is 42.8. The second kappa shape index (κ2) is 24.6. The molecule has 0 amide bonds. The molecule has 0 aromatic carbocycles. The summed E-state index contributed by atoms with van der Waals surface area (Å²) in [5.41, 5.74) is 0. The van der Waals surface area contributed by atoms with Crippen molar-refractivity contribution in [2.75, 3.05) is 78.0 Å². The van der Waals surface area contributed by atoms with Gasteiger partial charge in [-0.1, -0.05) is 38.5 Å². The molecular weight excluding hydrogens is 989 g/mol. The maximum absolute atomic E-state index is 13.1. The lowest BCUT2D eigenvalue weighted by Crippen LogP contribution is -2.29. The van der Waals surface area contributed by atoms with Gasteiger partial charge in [0.2, 0.25) is 0 Å². The lowest BCUT2D eigenvalue weighted by atomic mass is 9.94. The van der Waals surface area contributed by atoms with Crippen molar-refractivity contribution in [3.63, 3.8) is 0 Å². The minimum Gasteiger partial charge on any atom is -0.389 e. The van der Waals surface area contributed by atoms with E-state index < -0.39 is 81.6 Å². The summed E-state index contributed by atoms with van der Waals surface area (Å²) in [6, 6.07) is -2.22. The highest BCUT2D eigenvalue weighted by molar-refractivity contribution is 14.1. The van der Waals surface area contributed by atoms with Crippen molar-refractivity contribution in [1.82, 2.24) is 0 Å². The molecule has 8 radical (unpaired) electrons. The average molecular weight is 1060 g/mol. The van der Waals surface area contributed by atoms with Crippen LogP contribution in [-0.2, 0) is 18.9 Å². The normalized spacial score (nSPS) is 38.9. The first-order valence-electron chi connectivity index (χ1n) is 18.9. The first kappa shape index (κ1) is 56.6. The van der Waals surface area contributed by atoms with Gasteiger partial charge < -0.3 is 39.4 Å². The Hall–Kier alpha value is 2.57. The van der Waals surface area contributed by atoms with E-state index in [2.05, 4.69) is 117 Å². The number of rotatable bonds is 12. The molecule has 4 aliphatic heterocycles. The minimum atomic E-state index is -1.45. The molecular formula is C36H68B4BrClFIO8P4. The van der Waals surface area contributed by atoms with Crippen molar-refractivity contribution < 1.29 is 43.8 Å². The van der Waals surface area contributed by atoms with Crippen LogP contribution in [-0.4, -0.2) is 248 Å². The van der Waals surface area contributed by atoms with Crippen LogP contribution >= 0.6 is 77.7 Å². The van der Waals surface area contributed by atoms with Gasteiger partial charge in [-0.25, -0.2) is 4.39 Å². The average Bonchev–Trinajstić information content (AvgIpc) is 3.66. The molecule has 4 heterocycles. The molecule has 56 heavy (non-hydrogen) atoms. The largest absolute Gasteiger partial charge is 0.389 e. The van der Waals surface area contributed by atoms with E-state index in [0.717, 1.165) is 43.9 Å². The van der Waals surface area contributed by atoms with Crippen LogP contribution in [0.3, 0.4) is 0 Å². The fourth-order valence-electron chi connectivity index (χ4n) is 5.89. The molecule has 0 bridgehead atoms. The second-order valence-corrected chi connectivity index (χ2v) is 38.4. The molecule has 4 N–H and O–H groups in total. The Morgan fingerprint density at radius 2 is 0.857 bits per heavy atom. The predicted octanol–water partition coefficient (Wildman–Crippen LogP) is 3.87. The second-order valence-electron chi connectivity index (χ2n) is 18.1. The van der Waals surface area contributed by atoms with E-state index in [4.69, 9.17) is 61.9 Å².